The fraction of sp³-hybridized carbons (Fsp3) is 0.647. The maximum Gasteiger partial charge on any atom is 0.302 e. The first-order valence-corrected chi connectivity index (χ1v) is 7.42. The van der Waals surface area contributed by atoms with Crippen LogP contribution in [0.1, 0.15) is 46.5 Å². The normalized spacial score (nSPS) is 33.8. The Hall–Kier alpha value is -1.38. The molecule has 0 aliphatic heterocycles. The van der Waals surface area contributed by atoms with Crippen molar-refractivity contribution < 1.29 is 14.3 Å². The summed E-state index contributed by atoms with van der Waals surface area (Å²) in [6.45, 7) is 6.38. The SMILES string of the molecule is CC(=O)OC/C1=C\CC/C(C=O)=C\[C@@H]2[C@@H](CC1)C2(C)C. The highest BCUT2D eigenvalue weighted by Crippen LogP contribution is 2.61. The summed E-state index contributed by atoms with van der Waals surface area (Å²) in [7, 11) is 0. The van der Waals surface area contributed by atoms with E-state index in [1.165, 1.54) is 12.5 Å². The number of carbonyl (C=O) groups is 2. The molecular formula is C17H24O3. The zero-order valence-corrected chi connectivity index (χ0v) is 12.6. The number of aldehydes is 1. The fourth-order valence-electron chi connectivity index (χ4n) is 3.29. The summed E-state index contributed by atoms with van der Waals surface area (Å²) >= 11 is 0. The zero-order chi connectivity index (χ0) is 14.8. The molecule has 0 aromatic heterocycles. The number of hydrogen-bond donors (Lipinski definition) is 0. The smallest absolute Gasteiger partial charge is 0.302 e. The van der Waals surface area contributed by atoms with Crippen molar-refractivity contribution in [3.8, 4) is 0 Å². The number of allylic oxidation sites excluding steroid dienone is 3. The van der Waals surface area contributed by atoms with E-state index in [4.69, 9.17) is 4.74 Å². The molecule has 2 atom stereocenters. The van der Waals surface area contributed by atoms with Crippen LogP contribution in [-0.2, 0) is 14.3 Å². The highest BCUT2D eigenvalue weighted by Gasteiger charge is 2.55. The van der Waals surface area contributed by atoms with E-state index >= 15 is 0 Å². The summed E-state index contributed by atoms with van der Waals surface area (Å²) in [6.07, 6.45) is 9.03. The van der Waals surface area contributed by atoms with E-state index in [1.807, 2.05) is 0 Å². The van der Waals surface area contributed by atoms with Gasteiger partial charge >= 0.3 is 5.97 Å². The van der Waals surface area contributed by atoms with Crippen LogP contribution in [0.5, 0.6) is 0 Å². The molecule has 0 amide bonds. The summed E-state index contributed by atoms with van der Waals surface area (Å²) in [5, 5.41) is 0. The van der Waals surface area contributed by atoms with Crippen LogP contribution in [0.25, 0.3) is 0 Å². The van der Waals surface area contributed by atoms with Gasteiger partial charge in [0.15, 0.2) is 0 Å². The van der Waals surface area contributed by atoms with Gasteiger partial charge in [0.05, 0.1) is 0 Å². The Labute approximate surface area is 121 Å². The predicted molar refractivity (Wildman–Crippen MR) is 78.1 cm³/mol. The first-order chi connectivity index (χ1) is 9.45. The third-order valence-electron chi connectivity index (χ3n) is 4.79. The highest BCUT2D eigenvalue weighted by molar-refractivity contribution is 5.73. The van der Waals surface area contributed by atoms with Crippen molar-refractivity contribution in [3.63, 3.8) is 0 Å². The maximum atomic E-state index is 11.1. The third kappa shape index (κ3) is 3.38. The Bertz CT molecular complexity index is 457. The summed E-state index contributed by atoms with van der Waals surface area (Å²) < 4.78 is 5.11. The van der Waals surface area contributed by atoms with Crippen LogP contribution in [0.3, 0.4) is 0 Å². The van der Waals surface area contributed by atoms with E-state index < -0.39 is 0 Å². The minimum atomic E-state index is -0.235. The molecule has 2 aliphatic rings. The van der Waals surface area contributed by atoms with Crippen LogP contribution in [0.4, 0.5) is 0 Å². The fourth-order valence-corrected chi connectivity index (χ4v) is 3.29. The lowest BCUT2D eigenvalue weighted by atomic mass is 10.0. The lowest BCUT2D eigenvalue weighted by molar-refractivity contribution is -0.140. The van der Waals surface area contributed by atoms with Gasteiger partial charge in [0, 0.05) is 6.92 Å². The molecule has 0 heterocycles. The van der Waals surface area contributed by atoms with Crippen molar-refractivity contribution >= 4 is 12.3 Å². The molecule has 110 valence electrons. The molecule has 3 nitrogen and oxygen atoms in total. The topological polar surface area (TPSA) is 43.4 Å². The van der Waals surface area contributed by atoms with E-state index in [-0.39, 0.29) is 5.97 Å². The van der Waals surface area contributed by atoms with Crippen molar-refractivity contribution in [1.82, 2.24) is 0 Å². The molecular weight excluding hydrogens is 252 g/mol. The summed E-state index contributed by atoms with van der Waals surface area (Å²) in [5.41, 5.74) is 2.40. The molecule has 0 saturated heterocycles. The Morgan fingerprint density at radius 2 is 2.20 bits per heavy atom. The maximum absolute atomic E-state index is 11.1. The van der Waals surface area contributed by atoms with Crippen LogP contribution >= 0.6 is 0 Å². The molecule has 20 heavy (non-hydrogen) atoms. The van der Waals surface area contributed by atoms with E-state index in [0.717, 1.165) is 37.5 Å². The number of hydrogen-bond acceptors (Lipinski definition) is 3. The van der Waals surface area contributed by atoms with Gasteiger partial charge in [-0.05, 0) is 54.1 Å². The molecule has 1 saturated carbocycles. The number of fused-ring (bicyclic) bond motifs is 1. The zero-order valence-electron chi connectivity index (χ0n) is 12.6. The molecule has 2 aliphatic carbocycles. The largest absolute Gasteiger partial charge is 0.461 e. The molecule has 3 heteroatoms. The van der Waals surface area contributed by atoms with E-state index in [9.17, 15) is 9.59 Å². The van der Waals surface area contributed by atoms with E-state index in [1.54, 1.807) is 0 Å². The molecule has 0 spiro atoms. The summed E-state index contributed by atoms with van der Waals surface area (Å²) in [6, 6.07) is 0. The van der Waals surface area contributed by atoms with Gasteiger partial charge in [-0.1, -0.05) is 26.0 Å². The highest BCUT2D eigenvalue weighted by atomic mass is 16.5. The average molecular weight is 276 g/mol. The Kier molecular flexibility index (Phi) is 4.46. The van der Waals surface area contributed by atoms with Crippen molar-refractivity contribution in [2.45, 2.75) is 46.5 Å². The second-order valence-electron chi connectivity index (χ2n) is 6.53. The first-order valence-electron chi connectivity index (χ1n) is 7.42. The monoisotopic (exact) mass is 276 g/mol. The Morgan fingerprint density at radius 1 is 1.45 bits per heavy atom. The second kappa shape index (κ2) is 5.94. The molecule has 0 radical (unpaired) electrons. The summed E-state index contributed by atoms with van der Waals surface area (Å²) in [5.74, 6) is 0.924. The van der Waals surface area contributed by atoms with Crippen molar-refractivity contribution in [1.29, 1.82) is 0 Å². The quantitative estimate of drug-likeness (QED) is 0.450. The van der Waals surface area contributed by atoms with Crippen LogP contribution < -0.4 is 0 Å². The molecule has 0 N–H and O–H groups in total. The van der Waals surface area contributed by atoms with Gasteiger partial charge in [0.25, 0.3) is 0 Å². The second-order valence-corrected chi connectivity index (χ2v) is 6.53. The van der Waals surface area contributed by atoms with Gasteiger partial charge in [-0.3, -0.25) is 9.59 Å². The van der Waals surface area contributed by atoms with E-state index in [2.05, 4.69) is 26.0 Å². The van der Waals surface area contributed by atoms with Crippen LogP contribution in [0.2, 0.25) is 0 Å². The molecule has 0 aromatic rings. The van der Waals surface area contributed by atoms with Crippen molar-refractivity contribution in [3.05, 3.63) is 23.3 Å². The first kappa shape index (κ1) is 15.0. The number of rotatable bonds is 3. The van der Waals surface area contributed by atoms with Gasteiger partial charge in [0.2, 0.25) is 0 Å². The summed E-state index contributed by atoms with van der Waals surface area (Å²) in [4.78, 5) is 22.1. The number of esters is 1. The average Bonchev–Trinajstić information content (AvgIpc) is 2.92. The lowest BCUT2D eigenvalue weighted by Crippen LogP contribution is -2.04. The minimum Gasteiger partial charge on any atom is -0.461 e. The van der Waals surface area contributed by atoms with Crippen LogP contribution in [0.15, 0.2) is 23.3 Å². The van der Waals surface area contributed by atoms with Crippen molar-refractivity contribution in [2.24, 2.45) is 17.3 Å². The molecule has 2 rings (SSSR count). The van der Waals surface area contributed by atoms with Crippen LogP contribution in [0, 0.1) is 17.3 Å². The third-order valence-corrected chi connectivity index (χ3v) is 4.79. The van der Waals surface area contributed by atoms with Gasteiger partial charge in [-0.15, -0.1) is 0 Å². The van der Waals surface area contributed by atoms with Gasteiger partial charge < -0.3 is 4.74 Å². The molecule has 1 fully saturated rings. The van der Waals surface area contributed by atoms with Gasteiger partial charge in [-0.25, -0.2) is 0 Å². The number of carbonyl (C=O) groups excluding carboxylic acids is 2. The Morgan fingerprint density at radius 3 is 2.85 bits per heavy atom. The minimum absolute atomic E-state index is 0.235. The van der Waals surface area contributed by atoms with E-state index in [0.29, 0.717) is 23.9 Å². The standard InChI is InChI=1S/C17H24O3/c1-12(19)20-11-13-5-4-6-14(10-18)9-16-15(8-7-13)17(16,2)3/h5,9-10,15-16H,4,6-8,11H2,1-3H3/b13-5-,14-9+/t15-,16-/m1/s1. The molecule has 0 unspecified atom stereocenters. The molecule has 0 bridgehead atoms. The number of ether oxygens (including phenoxy) is 1. The Balaban J connectivity index is 2.07. The van der Waals surface area contributed by atoms with Crippen molar-refractivity contribution in [2.75, 3.05) is 6.61 Å². The lowest BCUT2D eigenvalue weighted by Gasteiger charge is -2.10. The predicted octanol–water partition coefficient (Wildman–Crippen LogP) is 3.45. The van der Waals surface area contributed by atoms with Gasteiger partial charge in [0.1, 0.15) is 12.9 Å². The molecule has 0 aromatic carbocycles. The van der Waals surface area contributed by atoms with Gasteiger partial charge in [-0.2, -0.15) is 0 Å². The van der Waals surface area contributed by atoms with Crippen LogP contribution in [-0.4, -0.2) is 18.9 Å².